The van der Waals surface area contributed by atoms with Crippen molar-refractivity contribution in [2.75, 3.05) is 13.2 Å². The van der Waals surface area contributed by atoms with Crippen LogP contribution in [0.15, 0.2) is 0 Å². The van der Waals surface area contributed by atoms with Crippen molar-refractivity contribution in [3.63, 3.8) is 0 Å². The molecule has 3 nitrogen and oxygen atoms in total. The molecule has 0 aromatic rings. The third-order valence-corrected chi connectivity index (χ3v) is 2.90. The summed E-state index contributed by atoms with van der Waals surface area (Å²) in [6.07, 6.45) is 0. The molecule has 1 saturated carbocycles. The van der Waals surface area contributed by atoms with Gasteiger partial charge in [-0.25, -0.2) is 0 Å². The molecule has 3 atom stereocenters. The molecule has 64 valence electrons. The molecule has 2 aliphatic rings. The highest BCUT2D eigenvalue weighted by Gasteiger charge is 2.58. The minimum absolute atomic E-state index is 0.121. The Balaban J connectivity index is 1.97. The third kappa shape index (κ3) is 0.953. The lowest BCUT2D eigenvalue weighted by Crippen LogP contribution is -2.16. The number of carbonyl (C=O) groups is 1. The zero-order chi connectivity index (χ0) is 8.72. The fourth-order valence-electron chi connectivity index (χ4n) is 2.01. The predicted molar refractivity (Wildman–Crippen MR) is 41.1 cm³/mol. The largest absolute Gasteiger partial charge is 0.381 e. The molecule has 0 aromatic carbocycles. The van der Waals surface area contributed by atoms with Gasteiger partial charge in [-0.05, 0) is 18.8 Å². The quantitative estimate of drug-likeness (QED) is 0.602. The first-order valence-electron chi connectivity index (χ1n) is 4.26. The van der Waals surface area contributed by atoms with Crippen LogP contribution in [0.3, 0.4) is 0 Å². The number of ether oxygens (including phenoxy) is 1. The van der Waals surface area contributed by atoms with Crippen LogP contribution in [0.25, 0.3) is 0 Å². The number of ketones is 1. The Labute approximate surface area is 71.3 Å². The highest BCUT2D eigenvalue weighted by atomic mass is 16.5. The van der Waals surface area contributed by atoms with E-state index in [9.17, 15) is 4.79 Å². The molecule has 2 rings (SSSR count). The maximum atomic E-state index is 11.5. The van der Waals surface area contributed by atoms with Gasteiger partial charge in [-0.15, -0.1) is 0 Å². The smallest absolute Gasteiger partial charge is 0.153 e. The molecule has 2 fully saturated rings. The van der Waals surface area contributed by atoms with E-state index in [-0.39, 0.29) is 11.7 Å². The molecule has 0 N–H and O–H groups in total. The summed E-state index contributed by atoms with van der Waals surface area (Å²) in [6, 6.07) is 1.98. The maximum absolute atomic E-state index is 11.5. The van der Waals surface area contributed by atoms with Gasteiger partial charge in [0.2, 0.25) is 0 Å². The van der Waals surface area contributed by atoms with Gasteiger partial charge in [-0.2, -0.15) is 5.26 Å². The number of hydrogen-bond donors (Lipinski definition) is 0. The van der Waals surface area contributed by atoms with Crippen molar-refractivity contribution in [1.29, 1.82) is 5.26 Å². The van der Waals surface area contributed by atoms with Crippen molar-refractivity contribution in [3.05, 3.63) is 0 Å². The summed E-state index contributed by atoms with van der Waals surface area (Å²) in [5.74, 6) is 0.714. The van der Waals surface area contributed by atoms with Gasteiger partial charge < -0.3 is 4.74 Å². The van der Waals surface area contributed by atoms with Crippen molar-refractivity contribution in [2.45, 2.75) is 6.92 Å². The van der Waals surface area contributed by atoms with E-state index in [0.717, 1.165) is 13.2 Å². The lowest BCUT2D eigenvalue weighted by molar-refractivity contribution is -0.123. The van der Waals surface area contributed by atoms with E-state index < -0.39 is 5.92 Å². The number of Topliss-reactive ketones (excluding diaryl/α,β-unsaturated/α-hetero) is 1. The van der Waals surface area contributed by atoms with Gasteiger partial charge in [0.05, 0.1) is 19.3 Å². The number of rotatable bonds is 2. The summed E-state index contributed by atoms with van der Waals surface area (Å²) >= 11 is 0. The highest BCUT2D eigenvalue weighted by Crippen LogP contribution is 2.51. The molecule has 0 spiro atoms. The van der Waals surface area contributed by atoms with Crippen LogP contribution in [-0.2, 0) is 9.53 Å². The van der Waals surface area contributed by atoms with Crippen molar-refractivity contribution in [1.82, 2.24) is 0 Å². The first-order chi connectivity index (χ1) is 5.75. The van der Waals surface area contributed by atoms with Crippen molar-refractivity contribution >= 4 is 5.78 Å². The van der Waals surface area contributed by atoms with Crippen molar-refractivity contribution < 1.29 is 9.53 Å². The van der Waals surface area contributed by atoms with Crippen molar-refractivity contribution in [2.24, 2.45) is 23.7 Å². The molecule has 3 heteroatoms. The van der Waals surface area contributed by atoms with Gasteiger partial charge in [-0.3, -0.25) is 4.79 Å². The van der Waals surface area contributed by atoms with E-state index in [0.29, 0.717) is 11.8 Å². The zero-order valence-electron chi connectivity index (χ0n) is 6.99. The summed E-state index contributed by atoms with van der Waals surface area (Å²) in [4.78, 5) is 11.5. The third-order valence-electron chi connectivity index (χ3n) is 2.90. The molecule has 1 aliphatic heterocycles. The number of fused-ring (bicyclic) bond motifs is 1. The predicted octanol–water partition coefficient (Wildman–Crippen LogP) is 0.608. The first kappa shape index (κ1) is 7.75. The zero-order valence-corrected chi connectivity index (χ0v) is 6.99. The monoisotopic (exact) mass is 165 g/mol. The summed E-state index contributed by atoms with van der Waals surface area (Å²) in [5.41, 5.74) is 0. The minimum Gasteiger partial charge on any atom is -0.381 e. The van der Waals surface area contributed by atoms with Crippen LogP contribution < -0.4 is 0 Å². The summed E-state index contributed by atoms with van der Waals surface area (Å²) in [7, 11) is 0. The molecule has 12 heavy (non-hydrogen) atoms. The molecule has 1 aliphatic carbocycles. The van der Waals surface area contributed by atoms with E-state index in [1.165, 1.54) is 0 Å². The van der Waals surface area contributed by atoms with Crippen LogP contribution in [0.1, 0.15) is 6.92 Å². The first-order valence-corrected chi connectivity index (χ1v) is 4.26. The van der Waals surface area contributed by atoms with E-state index >= 15 is 0 Å². The van der Waals surface area contributed by atoms with Gasteiger partial charge in [0.25, 0.3) is 0 Å². The normalized spacial score (nSPS) is 39.8. The second-order valence-corrected chi connectivity index (χ2v) is 3.64. The lowest BCUT2D eigenvalue weighted by Gasteiger charge is -2.03. The van der Waals surface area contributed by atoms with E-state index in [4.69, 9.17) is 10.00 Å². The second kappa shape index (κ2) is 2.56. The second-order valence-electron chi connectivity index (χ2n) is 3.64. The molecule has 0 amide bonds. The minimum atomic E-state index is -0.430. The van der Waals surface area contributed by atoms with E-state index in [2.05, 4.69) is 0 Å². The van der Waals surface area contributed by atoms with Gasteiger partial charge >= 0.3 is 0 Å². The maximum Gasteiger partial charge on any atom is 0.153 e. The summed E-state index contributed by atoms with van der Waals surface area (Å²) < 4.78 is 5.17. The highest BCUT2D eigenvalue weighted by molar-refractivity contribution is 5.88. The molecule has 0 aromatic heterocycles. The average Bonchev–Trinajstić information content (AvgIpc) is 2.56. The fraction of sp³-hybridized carbons (Fsp3) is 0.778. The Morgan fingerprint density at radius 3 is 2.67 bits per heavy atom. The molecule has 0 radical (unpaired) electrons. The molecule has 1 heterocycles. The summed E-state index contributed by atoms with van der Waals surface area (Å²) in [5, 5.41) is 8.54. The Bertz CT molecular complexity index is 246. The molecular formula is C9H11NO2. The van der Waals surface area contributed by atoms with Crippen LogP contribution in [0.2, 0.25) is 0 Å². The molecular weight excluding hydrogens is 154 g/mol. The van der Waals surface area contributed by atoms with E-state index in [1.807, 2.05) is 6.07 Å². The van der Waals surface area contributed by atoms with Crippen LogP contribution in [-0.4, -0.2) is 19.0 Å². The fourth-order valence-corrected chi connectivity index (χ4v) is 2.01. The Morgan fingerprint density at radius 1 is 1.58 bits per heavy atom. The van der Waals surface area contributed by atoms with Gasteiger partial charge in [0, 0.05) is 5.92 Å². The number of nitrogens with zero attached hydrogens (tertiary/aromatic N) is 1. The molecule has 3 unspecified atom stereocenters. The molecule has 0 bridgehead atoms. The number of nitriles is 1. The Hall–Kier alpha value is -0.880. The van der Waals surface area contributed by atoms with Gasteiger partial charge in [0.15, 0.2) is 5.78 Å². The number of hydrogen-bond acceptors (Lipinski definition) is 3. The van der Waals surface area contributed by atoms with Crippen LogP contribution in [0.4, 0.5) is 0 Å². The van der Waals surface area contributed by atoms with Crippen molar-refractivity contribution in [3.8, 4) is 6.07 Å². The lowest BCUT2D eigenvalue weighted by atomic mass is 10.0. The Kier molecular flexibility index (Phi) is 1.66. The topological polar surface area (TPSA) is 50.1 Å². The van der Waals surface area contributed by atoms with Crippen LogP contribution in [0, 0.1) is 35.0 Å². The molecule has 1 saturated heterocycles. The van der Waals surface area contributed by atoms with Crippen LogP contribution in [0.5, 0.6) is 0 Å². The average molecular weight is 165 g/mol. The van der Waals surface area contributed by atoms with Gasteiger partial charge in [0.1, 0.15) is 5.92 Å². The Morgan fingerprint density at radius 2 is 2.17 bits per heavy atom. The van der Waals surface area contributed by atoms with E-state index in [1.54, 1.807) is 6.92 Å². The SMILES string of the molecule is CC(C#N)C(=O)C1C2COCC21. The summed E-state index contributed by atoms with van der Waals surface area (Å²) in [6.45, 7) is 3.12. The number of carbonyl (C=O) groups excluding carboxylic acids is 1. The van der Waals surface area contributed by atoms with Crippen LogP contribution >= 0.6 is 0 Å². The standard InChI is InChI=1S/C9H11NO2/c1-5(2-10)9(11)8-6-3-12-4-7(6)8/h5-8H,3-4H2,1H3. The van der Waals surface area contributed by atoms with Gasteiger partial charge in [-0.1, -0.05) is 0 Å².